The van der Waals surface area contributed by atoms with E-state index in [1.807, 2.05) is 0 Å². The van der Waals surface area contributed by atoms with Crippen LogP contribution in [-0.4, -0.2) is 46.2 Å². The highest BCUT2D eigenvalue weighted by Crippen LogP contribution is 2.29. The van der Waals surface area contributed by atoms with Gasteiger partial charge in [0.25, 0.3) is 0 Å². The fourth-order valence-electron chi connectivity index (χ4n) is 3.84. The number of halogens is 2. The number of nitrogens with zero attached hydrogens (tertiary/aromatic N) is 6. The minimum Gasteiger partial charge on any atom is -0.363 e. The lowest BCUT2D eigenvalue weighted by Crippen LogP contribution is -2.46. The van der Waals surface area contributed by atoms with E-state index in [4.69, 9.17) is 14.5 Å². The van der Waals surface area contributed by atoms with Crippen molar-refractivity contribution in [3.05, 3.63) is 71.5 Å². The Morgan fingerprint density at radius 3 is 2.61 bits per heavy atom. The van der Waals surface area contributed by atoms with Gasteiger partial charge < -0.3 is 14.7 Å². The van der Waals surface area contributed by atoms with E-state index >= 15 is 0 Å². The van der Waals surface area contributed by atoms with Gasteiger partial charge in [-0.15, -0.1) is 0 Å². The number of nitriles is 1. The first-order chi connectivity index (χ1) is 16.1. The third-order valence-corrected chi connectivity index (χ3v) is 5.53. The summed E-state index contributed by atoms with van der Waals surface area (Å²) in [6.45, 7) is 2.83. The predicted molar refractivity (Wildman–Crippen MR) is 118 cm³/mol. The summed E-state index contributed by atoms with van der Waals surface area (Å²) in [6.07, 6.45) is 1.46. The van der Waals surface area contributed by atoms with E-state index in [9.17, 15) is 14.0 Å². The van der Waals surface area contributed by atoms with Gasteiger partial charge in [0.1, 0.15) is 17.9 Å². The number of nitrogens with one attached hydrogen (secondary N) is 1. The number of rotatable bonds is 5. The van der Waals surface area contributed by atoms with E-state index in [1.165, 1.54) is 12.3 Å². The second-order valence-corrected chi connectivity index (χ2v) is 7.72. The average Bonchev–Trinajstić information content (AvgIpc) is 3.34. The molecule has 1 saturated heterocycles. The van der Waals surface area contributed by atoms with Crippen LogP contribution >= 0.6 is 0 Å². The number of fused-ring (bicyclic) bond motifs is 1. The number of piperazine rings is 1. The third-order valence-electron chi connectivity index (χ3n) is 5.53. The van der Waals surface area contributed by atoms with E-state index in [1.54, 1.807) is 24.3 Å². The molecule has 8 nitrogen and oxygen atoms in total. The maximum Gasteiger partial charge on any atom is 0.175 e. The molecule has 1 aliphatic rings. The first-order valence-electron chi connectivity index (χ1n) is 10.4. The quantitative estimate of drug-likeness (QED) is 0.493. The van der Waals surface area contributed by atoms with Crippen molar-refractivity contribution < 1.29 is 13.3 Å². The molecule has 0 radical (unpaired) electrons. The largest absolute Gasteiger partial charge is 0.363 e. The van der Waals surface area contributed by atoms with Crippen LogP contribution in [0.25, 0.3) is 11.0 Å². The van der Waals surface area contributed by atoms with Gasteiger partial charge in [-0.1, -0.05) is 5.16 Å². The van der Waals surface area contributed by atoms with Gasteiger partial charge in [-0.2, -0.15) is 5.26 Å². The summed E-state index contributed by atoms with van der Waals surface area (Å²) >= 11 is 0. The zero-order chi connectivity index (χ0) is 22.8. The van der Waals surface area contributed by atoms with Gasteiger partial charge in [-0.05, 0) is 36.4 Å². The topological polar surface area (TPSA) is 94.1 Å². The van der Waals surface area contributed by atoms with Crippen molar-refractivity contribution in [1.82, 2.24) is 20.0 Å². The van der Waals surface area contributed by atoms with Crippen LogP contribution in [0.5, 0.6) is 0 Å². The van der Waals surface area contributed by atoms with Crippen LogP contribution in [0, 0.1) is 23.0 Å². The lowest BCUT2D eigenvalue weighted by atomic mass is 10.1. The lowest BCUT2D eigenvalue weighted by Gasteiger charge is -2.36. The Kier molecular flexibility index (Phi) is 5.54. The van der Waals surface area contributed by atoms with Gasteiger partial charge >= 0.3 is 0 Å². The Morgan fingerprint density at radius 2 is 1.85 bits per heavy atom. The fraction of sp³-hybridized carbons (Fsp3) is 0.217. The molecule has 166 valence electrons. The van der Waals surface area contributed by atoms with Gasteiger partial charge in [0.2, 0.25) is 0 Å². The summed E-state index contributed by atoms with van der Waals surface area (Å²) in [4.78, 5) is 13.6. The lowest BCUT2D eigenvalue weighted by molar-refractivity contribution is 0.246. The molecule has 10 heteroatoms. The first-order valence-corrected chi connectivity index (χ1v) is 10.4. The molecule has 4 aromatic rings. The van der Waals surface area contributed by atoms with Crippen LogP contribution in [-0.2, 0) is 6.54 Å². The Balaban J connectivity index is 1.40. The third kappa shape index (κ3) is 4.44. The standard InChI is InChI=1S/C23H19F2N7O/c24-17-2-3-18(25)16(12-17)14-31-6-8-32(9-7-31)23-22(29-21-5-10-33-30-21)27-19-4-1-15(13-26)11-20(19)28-23/h1-5,10-12H,6-9,14H2,(H,27,29,30). The summed E-state index contributed by atoms with van der Waals surface area (Å²) in [5.74, 6) is 0.782. The van der Waals surface area contributed by atoms with Crippen LogP contribution in [0.4, 0.5) is 26.2 Å². The van der Waals surface area contributed by atoms with Crippen LogP contribution < -0.4 is 10.2 Å². The maximum atomic E-state index is 14.0. The molecule has 0 spiro atoms. The minimum atomic E-state index is -0.447. The molecular weight excluding hydrogens is 428 g/mol. The zero-order valence-electron chi connectivity index (χ0n) is 17.5. The molecule has 1 aliphatic heterocycles. The molecule has 5 rings (SSSR count). The molecule has 3 heterocycles. The number of hydrogen-bond acceptors (Lipinski definition) is 8. The van der Waals surface area contributed by atoms with Gasteiger partial charge in [-0.3, -0.25) is 4.90 Å². The summed E-state index contributed by atoms with van der Waals surface area (Å²) in [7, 11) is 0. The summed E-state index contributed by atoms with van der Waals surface area (Å²) in [5, 5.41) is 16.3. The molecule has 0 saturated carbocycles. The van der Waals surface area contributed by atoms with E-state index in [0.717, 1.165) is 12.1 Å². The van der Waals surface area contributed by atoms with E-state index in [2.05, 4.69) is 26.3 Å². The van der Waals surface area contributed by atoms with Gasteiger partial charge in [0, 0.05) is 44.4 Å². The number of aromatic nitrogens is 3. The Bertz CT molecular complexity index is 1330. The molecule has 0 atom stereocenters. The second kappa shape index (κ2) is 8.80. The van der Waals surface area contributed by atoms with Crippen molar-refractivity contribution in [2.75, 3.05) is 36.4 Å². The van der Waals surface area contributed by atoms with Crippen LogP contribution in [0.3, 0.4) is 0 Å². The minimum absolute atomic E-state index is 0.330. The van der Waals surface area contributed by atoms with E-state index in [0.29, 0.717) is 72.3 Å². The van der Waals surface area contributed by atoms with Crippen molar-refractivity contribution in [1.29, 1.82) is 5.26 Å². The Morgan fingerprint density at radius 1 is 1.00 bits per heavy atom. The summed E-state index contributed by atoms with van der Waals surface area (Å²) in [5.41, 5.74) is 2.09. The highest BCUT2D eigenvalue weighted by molar-refractivity contribution is 5.83. The molecular formula is C23H19F2N7O. The number of hydrogen-bond donors (Lipinski definition) is 1. The molecule has 0 unspecified atom stereocenters. The predicted octanol–water partition coefficient (Wildman–Crippen LogP) is 3.83. The number of benzene rings is 2. The van der Waals surface area contributed by atoms with E-state index in [-0.39, 0.29) is 0 Å². The Labute approximate surface area is 188 Å². The van der Waals surface area contributed by atoms with Gasteiger partial charge in [0.15, 0.2) is 17.5 Å². The van der Waals surface area contributed by atoms with Crippen LogP contribution in [0.2, 0.25) is 0 Å². The Hall–Kier alpha value is -4.10. The highest BCUT2D eigenvalue weighted by atomic mass is 19.1. The molecule has 1 N–H and O–H groups in total. The zero-order valence-corrected chi connectivity index (χ0v) is 17.5. The molecule has 0 aliphatic carbocycles. The summed E-state index contributed by atoms with van der Waals surface area (Å²) in [6, 6.07) is 12.5. The second-order valence-electron chi connectivity index (χ2n) is 7.72. The van der Waals surface area contributed by atoms with E-state index < -0.39 is 11.6 Å². The summed E-state index contributed by atoms with van der Waals surface area (Å²) < 4.78 is 32.5. The van der Waals surface area contributed by atoms with Crippen LogP contribution in [0.1, 0.15) is 11.1 Å². The van der Waals surface area contributed by atoms with Gasteiger partial charge in [-0.25, -0.2) is 18.7 Å². The normalized spacial score (nSPS) is 14.4. The van der Waals surface area contributed by atoms with Gasteiger partial charge in [0.05, 0.1) is 22.7 Å². The average molecular weight is 447 g/mol. The molecule has 0 bridgehead atoms. The molecule has 1 fully saturated rings. The van der Waals surface area contributed by atoms with Crippen molar-refractivity contribution in [3.63, 3.8) is 0 Å². The van der Waals surface area contributed by atoms with Crippen molar-refractivity contribution >= 4 is 28.5 Å². The van der Waals surface area contributed by atoms with Crippen molar-refractivity contribution in [2.45, 2.75) is 6.54 Å². The first kappa shape index (κ1) is 20.8. The monoisotopic (exact) mass is 447 g/mol. The number of anilines is 3. The fourth-order valence-corrected chi connectivity index (χ4v) is 3.84. The highest BCUT2D eigenvalue weighted by Gasteiger charge is 2.23. The molecule has 2 aromatic carbocycles. The smallest absolute Gasteiger partial charge is 0.175 e. The SMILES string of the molecule is N#Cc1ccc2nc(Nc3ccon3)c(N3CCN(Cc4cc(F)ccc4F)CC3)nc2c1. The maximum absolute atomic E-state index is 14.0. The van der Waals surface area contributed by atoms with Crippen LogP contribution in [0.15, 0.2) is 53.3 Å². The van der Waals surface area contributed by atoms with Crippen molar-refractivity contribution in [2.24, 2.45) is 0 Å². The molecule has 33 heavy (non-hydrogen) atoms. The van der Waals surface area contributed by atoms with Crippen molar-refractivity contribution in [3.8, 4) is 6.07 Å². The molecule has 0 amide bonds. The molecule has 2 aromatic heterocycles.